The summed E-state index contributed by atoms with van der Waals surface area (Å²) in [6, 6.07) is 19.8. The van der Waals surface area contributed by atoms with Crippen molar-refractivity contribution < 1.29 is 9.21 Å². The molecular weight excluding hydrogens is 380 g/mol. The summed E-state index contributed by atoms with van der Waals surface area (Å²) in [7, 11) is 0. The van der Waals surface area contributed by atoms with Gasteiger partial charge in [-0.15, -0.1) is 11.3 Å². The van der Waals surface area contributed by atoms with Crippen molar-refractivity contribution in [2.24, 2.45) is 5.92 Å². The van der Waals surface area contributed by atoms with Gasteiger partial charge in [-0.3, -0.25) is 4.79 Å². The number of hydrogen-bond acceptors (Lipinski definition) is 4. The third-order valence-corrected chi connectivity index (χ3v) is 5.92. The number of carbonyl (C=O) groups excluding carboxylic acids is 1. The van der Waals surface area contributed by atoms with Gasteiger partial charge in [0.05, 0.1) is 6.04 Å². The highest BCUT2D eigenvalue weighted by molar-refractivity contribution is 7.10. The second-order valence-electron chi connectivity index (χ2n) is 7.49. The molecule has 0 fully saturated rings. The van der Waals surface area contributed by atoms with E-state index >= 15 is 0 Å². The fourth-order valence-corrected chi connectivity index (χ4v) is 4.32. The van der Waals surface area contributed by atoms with Crippen molar-refractivity contribution >= 4 is 28.3 Å². The first-order valence-electron chi connectivity index (χ1n) is 9.88. The Kier molecular flexibility index (Phi) is 5.76. The number of nitrogens with one attached hydrogen (secondary N) is 1. The van der Waals surface area contributed by atoms with Crippen LogP contribution in [-0.2, 0) is 12.8 Å². The summed E-state index contributed by atoms with van der Waals surface area (Å²) in [5, 5.41) is 5.20. The maximum atomic E-state index is 12.8. The molecule has 1 atom stereocenters. The molecule has 4 nitrogen and oxygen atoms in total. The predicted molar refractivity (Wildman–Crippen MR) is 117 cm³/mol. The van der Waals surface area contributed by atoms with Gasteiger partial charge in [0.15, 0.2) is 11.5 Å². The number of hydrogen-bond donors (Lipinski definition) is 1. The largest absolute Gasteiger partial charge is 0.441 e. The fraction of sp³-hybridized carbons (Fsp3) is 0.250. The summed E-state index contributed by atoms with van der Waals surface area (Å²) in [6.07, 6.45) is 1.60. The molecule has 4 aromatic rings. The van der Waals surface area contributed by atoms with Crippen molar-refractivity contribution in [1.82, 2.24) is 10.3 Å². The van der Waals surface area contributed by atoms with E-state index in [1.807, 2.05) is 41.8 Å². The molecule has 1 N–H and O–H groups in total. The molecule has 0 bridgehead atoms. The van der Waals surface area contributed by atoms with Crippen molar-refractivity contribution in [2.45, 2.75) is 32.7 Å². The maximum absolute atomic E-state index is 12.8. The standard InChI is InChI=1S/C24H24N2O2S/c1-16(2)23(21-9-6-14-29-21)26-24(27)18-11-12-19-20(15-18)28-22(25-19)13-10-17-7-4-3-5-8-17/h3-9,11-12,14-16,23H,10,13H2,1-2H3,(H,26,27)/t23-/m0/s1. The van der Waals surface area contributed by atoms with E-state index in [2.05, 4.69) is 42.3 Å². The minimum Gasteiger partial charge on any atom is -0.441 e. The number of benzene rings is 2. The smallest absolute Gasteiger partial charge is 0.251 e. The van der Waals surface area contributed by atoms with Gasteiger partial charge < -0.3 is 9.73 Å². The molecule has 2 aromatic heterocycles. The summed E-state index contributed by atoms with van der Waals surface area (Å²) < 4.78 is 5.92. The van der Waals surface area contributed by atoms with E-state index in [0.29, 0.717) is 23.0 Å². The lowest BCUT2D eigenvalue weighted by Crippen LogP contribution is -2.31. The van der Waals surface area contributed by atoms with Crippen LogP contribution in [0.1, 0.15) is 46.6 Å². The summed E-state index contributed by atoms with van der Waals surface area (Å²) in [5.41, 5.74) is 3.27. The van der Waals surface area contributed by atoms with Gasteiger partial charge in [-0.2, -0.15) is 0 Å². The van der Waals surface area contributed by atoms with Gasteiger partial charge in [-0.25, -0.2) is 4.98 Å². The highest BCUT2D eigenvalue weighted by Crippen LogP contribution is 2.26. The number of aromatic nitrogens is 1. The first-order chi connectivity index (χ1) is 14.1. The van der Waals surface area contributed by atoms with Crippen molar-refractivity contribution in [2.75, 3.05) is 0 Å². The summed E-state index contributed by atoms with van der Waals surface area (Å²) in [4.78, 5) is 18.6. The van der Waals surface area contributed by atoms with Crippen LogP contribution in [0.15, 0.2) is 70.5 Å². The molecule has 0 radical (unpaired) electrons. The molecule has 29 heavy (non-hydrogen) atoms. The maximum Gasteiger partial charge on any atom is 0.251 e. The van der Waals surface area contributed by atoms with E-state index in [9.17, 15) is 4.79 Å². The third-order valence-electron chi connectivity index (χ3n) is 4.97. The first-order valence-corrected chi connectivity index (χ1v) is 10.8. The molecule has 5 heteroatoms. The van der Waals surface area contributed by atoms with Crippen LogP contribution >= 0.6 is 11.3 Å². The lowest BCUT2D eigenvalue weighted by atomic mass is 10.0. The van der Waals surface area contributed by atoms with Crippen molar-refractivity contribution in [3.8, 4) is 0 Å². The molecule has 4 rings (SSSR count). The van der Waals surface area contributed by atoms with Crippen molar-refractivity contribution in [1.29, 1.82) is 0 Å². The number of oxazole rings is 1. The number of aryl methyl sites for hydroxylation is 2. The first kappa shape index (κ1) is 19.4. The Hall–Kier alpha value is -2.92. The number of nitrogens with zero attached hydrogens (tertiary/aromatic N) is 1. The van der Waals surface area contributed by atoms with E-state index in [1.165, 1.54) is 5.56 Å². The molecule has 0 aliphatic carbocycles. The van der Waals surface area contributed by atoms with Crippen LogP contribution in [0.3, 0.4) is 0 Å². The van der Waals surface area contributed by atoms with Gasteiger partial charge in [-0.1, -0.05) is 50.2 Å². The zero-order chi connectivity index (χ0) is 20.2. The highest BCUT2D eigenvalue weighted by atomic mass is 32.1. The van der Waals surface area contributed by atoms with Crippen molar-refractivity contribution in [3.05, 3.63) is 87.9 Å². The second kappa shape index (κ2) is 8.62. The number of amides is 1. The lowest BCUT2D eigenvalue weighted by Gasteiger charge is -2.21. The van der Waals surface area contributed by atoms with Crippen LogP contribution in [0.25, 0.3) is 11.1 Å². The molecule has 0 saturated heterocycles. The number of fused-ring (bicyclic) bond motifs is 1. The predicted octanol–water partition coefficient (Wildman–Crippen LogP) is 5.80. The summed E-state index contributed by atoms with van der Waals surface area (Å²) in [5.74, 6) is 0.900. The Labute approximate surface area is 174 Å². The third kappa shape index (κ3) is 4.57. The molecule has 1 amide bonds. The molecule has 0 aliphatic rings. The molecule has 0 aliphatic heterocycles. The molecule has 0 unspecified atom stereocenters. The van der Waals surface area contributed by atoms with Crippen LogP contribution in [0.2, 0.25) is 0 Å². The van der Waals surface area contributed by atoms with Crippen LogP contribution in [-0.4, -0.2) is 10.9 Å². The molecule has 2 aromatic carbocycles. The average molecular weight is 405 g/mol. The van der Waals surface area contributed by atoms with Crippen LogP contribution < -0.4 is 5.32 Å². The number of thiophene rings is 1. The number of rotatable bonds is 7. The average Bonchev–Trinajstić information content (AvgIpc) is 3.39. The fourth-order valence-electron chi connectivity index (χ4n) is 3.38. The van der Waals surface area contributed by atoms with Gasteiger partial charge in [0, 0.05) is 16.9 Å². The van der Waals surface area contributed by atoms with E-state index in [1.54, 1.807) is 17.4 Å². The van der Waals surface area contributed by atoms with Crippen LogP contribution in [0.4, 0.5) is 0 Å². The molecule has 148 valence electrons. The van der Waals surface area contributed by atoms with Gasteiger partial charge in [0.25, 0.3) is 5.91 Å². The van der Waals surface area contributed by atoms with E-state index in [-0.39, 0.29) is 11.9 Å². The topological polar surface area (TPSA) is 55.1 Å². The molecular formula is C24H24N2O2S. The zero-order valence-electron chi connectivity index (χ0n) is 16.6. The lowest BCUT2D eigenvalue weighted by molar-refractivity contribution is 0.0926. The molecule has 0 spiro atoms. The van der Waals surface area contributed by atoms with Gasteiger partial charge in [0.2, 0.25) is 0 Å². The van der Waals surface area contributed by atoms with Gasteiger partial charge >= 0.3 is 0 Å². The van der Waals surface area contributed by atoms with E-state index in [0.717, 1.165) is 23.2 Å². The minimum absolute atomic E-state index is 0.00523. The molecule has 2 heterocycles. The summed E-state index contributed by atoms with van der Waals surface area (Å²) >= 11 is 1.66. The quantitative estimate of drug-likeness (QED) is 0.423. The van der Waals surface area contributed by atoms with Gasteiger partial charge in [0.1, 0.15) is 5.52 Å². The Bertz CT molecular complexity index is 1080. The Balaban J connectivity index is 1.48. The SMILES string of the molecule is CC(C)[C@H](NC(=O)c1ccc2nc(CCc3ccccc3)oc2c1)c1cccs1. The van der Waals surface area contributed by atoms with Crippen LogP contribution in [0.5, 0.6) is 0 Å². The Morgan fingerprint density at radius 1 is 1.07 bits per heavy atom. The van der Waals surface area contributed by atoms with E-state index in [4.69, 9.17) is 4.42 Å². The van der Waals surface area contributed by atoms with Gasteiger partial charge in [-0.05, 0) is 47.5 Å². The Morgan fingerprint density at radius 2 is 1.90 bits per heavy atom. The molecule has 0 saturated carbocycles. The zero-order valence-corrected chi connectivity index (χ0v) is 17.4. The monoisotopic (exact) mass is 404 g/mol. The number of carbonyl (C=O) groups is 1. The minimum atomic E-state index is -0.0961. The summed E-state index contributed by atoms with van der Waals surface area (Å²) in [6.45, 7) is 4.23. The van der Waals surface area contributed by atoms with Crippen molar-refractivity contribution in [3.63, 3.8) is 0 Å². The second-order valence-corrected chi connectivity index (χ2v) is 8.47. The van der Waals surface area contributed by atoms with E-state index < -0.39 is 0 Å². The van der Waals surface area contributed by atoms with Crippen LogP contribution in [0, 0.1) is 5.92 Å². The highest BCUT2D eigenvalue weighted by Gasteiger charge is 2.20. The Morgan fingerprint density at radius 3 is 2.62 bits per heavy atom. The normalized spacial score (nSPS) is 12.4.